The van der Waals surface area contributed by atoms with Crippen LogP contribution in [0.4, 0.5) is 0 Å². The second kappa shape index (κ2) is 8.64. The number of carbonyl (C=O) groups excluding carboxylic acids is 1. The van der Waals surface area contributed by atoms with E-state index in [0.717, 1.165) is 16.7 Å². The monoisotopic (exact) mass is 439 g/mol. The molecular weight excluding hydrogens is 414 g/mol. The van der Waals surface area contributed by atoms with Crippen molar-refractivity contribution in [3.05, 3.63) is 71.6 Å². The van der Waals surface area contributed by atoms with Gasteiger partial charge >= 0.3 is 0 Å². The van der Waals surface area contributed by atoms with Crippen LogP contribution >= 0.6 is 0 Å². The molecule has 2 aromatic carbocycles. The van der Waals surface area contributed by atoms with Gasteiger partial charge in [0.25, 0.3) is 0 Å². The van der Waals surface area contributed by atoms with Gasteiger partial charge in [-0.25, -0.2) is 13.4 Å². The van der Waals surface area contributed by atoms with Crippen LogP contribution in [0.5, 0.6) is 0 Å². The highest BCUT2D eigenvalue weighted by atomic mass is 32.2. The molecule has 4 rings (SSSR count). The summed E-state index contributed by atoms with van der Waals surface area (Å²) in [6, 6.07) is 14.9. The molecule has 7 nitrogen and oxygen atoms in total. The van der Waals surface area contributed by atoms with Gasteiger partial charge in [-0.3, -0.25) is 4.79 Å². The second-order valence-electron chi connectivity index (χ2n) is 7.74. The fraction of sp³-hybridized carbons (Fsp3) is 0.304. The Morgan fingerprint density at radius 3 is 2.45 bits per heavy atom. The molecule has 1 fully saturated rings. The molecule has 1 aliphatic rings. The zero-order valence-corrected chi connectivity index (χ0v) is 18.4. The van der Waals surface area contributed by atoms with Crippen molar-refractivity contribution in [1.29, 1.82) is 0 Å². The number of aromatic nitrogens is 1. The van der Waals surface area contributed by atoms with Gasteiger partial charge in [-0.2, -0.15) is 4.31 Å². The molecule has 0 aliphatic carbocycles. The predicted octanol–water partition coefficient (Wildman–Crippen LogP) is 3.03. The van der Waals surface area contributed by atoms with E-state index in [2.05, 4.69) is 4.98 Å². The van der Waals surface area contributed by atoms with Crippen molar-refractivity contribution in [3.8, 4) is 11.5 Å². The Labute approximate surface area is 182 Å². The fourth-order valence-electron chi connectivity index (χ4n) is 3.67. The molecule has 1 aliphatic heterocycles. The molecule has 0 N–H and O–H groups in total. The molecule has 1 amide bonds. The molecule has 0 bridgehead atoms. The zero-order chi connectivity index (χ0) is 22.0. The number of nitrogens with zero attached hydrogens (tertiary/aromatic N) is 3. The third kappa shape index (κ3) is 4.55. The molecule has 0 atom stereocenters. The van der Waals surface area contributed by atoms with Gasteiger partial charge < -0.3 is 9.32 Å². The summed E-state index contributed by atoms with van der Waals surface area (Å²) >= 11 is 0. The minimum Gasteiger partial charge on any atom is -0.444 e. The van der Waals surface area contributed by atoms with Gasteiger partial charge in [0.15, 0.2) is 0 Å². The summed E-state index contributed by atoms with van der Waals surface area (Å²) in [6.45, 7) is 4.93. The lowest BCUT2D eigenvalue weighted by atomic mass is 10.2. The zero-order valence-electron chi connectivity index (χ0n) is 17.6. The van der Waals surface area contributed by atoms with Crippen molar-refractivity contribution in [2.45, 2.75) is 25.2 Å². The molecule has 0 unspecified atom stereocenters. The maximum Gasteiger partial charge on any atom is 0.243 e. The highest BCUT2D eigenvalue weighted by molar-refractivity contribution is 7.89. The van der Waals surface area contributed by atoms with Gasteiger partial charge in [0.2, 0.25) is 21.8 Å². The number of hydrogen-bond acceptors (Lipinski definition) is 5. The Morgan fingerprint density at radius 1 is 1.03 bits per heavy atom. The Balaban J connectivity index is 1.38. The topological polar surface area (TPSA) is 83.7 Å². The number of rotatable bonds is 5. The third-order valence-electron chi connectivity index (χ3n) is 5.46. The number of sulfonamides is 1. The van der Waals surface area contributed by atoms with Crippen LogP contribution in [0.15, 0.2) is 64.1 Å². The minimum absolute atomic E-state index is 0.0864. The Kier molecular flexibility index (Phi) is 5.93. The Hall–Kier alpha value is -2.97. The highest BCUT2D eigenvalue weighted by Crippen LogP contribution is 2.23. The van der Waals surface area contributed by atoms with Crippen molar-refractivity contribution in [1.82, 2.24) is 14.2 Å². The molecule has 8 heteroatoms. The summed E-state index contributed by atoms with van der Waals surface area (Å²) in [4.78, 5) is 19.1. The number of hydrogen-bond donors (Lipinski definition) is 0. The summed E-state index contributed by atoms with van der Waals surface area (Å²) in [5.41, 5.74) is 3.05. The van der Waals surface area contributed by atoms with Gasteiger partial charge in [-0.05, 0) is 43.2 Å². The van der Waals surface area contributed by atoms with E-state index >= 15 is 0 Å². The lowest BCUT2D eigenvalue weighted by Crippen LogP contribution is -2.51. The highest BCUT2D eigenvalue weighted by Gasteiger charge is 2.31. The molecule has 0 spiro atoms. The molecule has 2 heterocycles. The Bertz CT molecular complexity index is 1180. The lowest BCUT2D eigenvalue weighted by molar-refractivity contribution is -0.131. The van der Waals surface area contributed by atoms with Gasteiger partial charge in [-0.15, -0.1) is 0 Å². The molecule has 1 saturated heterocycles. The third-order valence-corrected chi connectivity index (χ3v) is 7.50. The van der Waals surface area contributed by atoms with Crippen LogP contribution in [0.25, 0.3) is 11.5 Å². The molecule has 0 radical (unpaired) electrons. The van der Waals surface area contributed by atoms with Crippen molar-refractivity contribution in [2.24, 2.45) is 0 Å². The van der Waals surface area contributed by atoms with Crippen LogP contribution in [0.3, 0.4) is 0 Å². The standard InChI is InChI=1S/C23H25N3O4S/c1-17-8-9-18(2)21(14-17)31(28,29)26-12-10-25(11-13-26)22(27)15-20-16-30-23(24-20)19-6-4-3-5-7-19/h3-9,14,16H,10-13,15H2,1-2H3. The van der Waals surface area contributed by atoms with Gasteiger partial charge in [0, 0.05) is 31.7 Å². The number of aryl methyl sites for hydroxylation is 2. The molecule has 3 aromatic rings. The number of oxazole rings is 1. The smallest absolute Gasteiger partial charge is 0.243 e. The number of carbonyl (C=O) groups is 1. The van der Waals surface area contributed by atoms with E-state index in [0.29, 0.717) is 29.6 Å². The summed E-state index contributed by atoms with van der Waals surface area (Å²) in [6.07, 6.45) is 1.63. The van der Waals surface area contributed by atoms with Gasteiger partial charge in [0.05, 0.1) is 17.0 Å². The van der Waals surface area contributed by atoms with E-state index in [1.807, 2.05) is 49.4 Å². The van der Waals surface area contributed by atoms with Gasteiger partial charge in [0.1, 0.15) is 6.26 Å². The van der Waals surface area contributed by atoms with Crippen LogP contribution in [0, 0.1) is 13.8 Å². The summed E-state index contributed by atoms with van der Waals surface area (Å²) in [5, 5.41) is 0. The number of amides is 1. The summed E-state index contributed by atoms with van der Waals surface area (Å²) < 4.78 is 33.1. The van der Waals surface area contributed by atoms with E-state index in [1.165, 1.54) is 10.6 Å². The SMILES string of the molecule is Cc1ccc(C)c(S(=O)(=O)N2CCN(C(=O)Cc3coc(-c4ccccc4)n3)CC2)c1. The fourth-order valence-corrected chi connectivity index (χ4v) is 5.40. The van der Waals surface area contributed by atoms with E-state index in [4.69, 9.17) is 4.42 Å². The van der Waals surface area contributed by atoms with E-state index in [-0.39, 0.29) is 25.4 Å². The van der Waals surface area contributed by atoms with Crippen molar-refractivity contribution < 1.29 is 17.6 Å². The average molecular weight is 440 g/mol. The quantitative estimate of drug-likeness (QED) is 0.610. The van der Waals surface area contributed by atoms with Crippen molar-refractivity contribution in [3.63, 3.8) is 0 Å². The van der Waals surface area contributed by atoms with Crippen molar-refractivity contribution >= 4 is 15.9 Å². The first-order valence-corrected chi connectivity index (χ1v) is 11.6. The first-order valence-electron chi connectivity index (χ1n) is 10.2. The predicted molar refractivity (Wildman–Crippen MR) is 117 cm³/mol. The molecule has 31 heavy (non-hydrogen) atoms. The maximum atomic E-state index is 13.1. The first kappa shape index (κ1) is 21.3. The number of piperazine rings is 1. The van der Waals surface area contributed by atoms with Crippen molar-refractivity contribution in [2.75, 3.05) is 26.2 Å². The molecular formula is C23H25N3O4S. The largest absolute Gasteiger partial charge is 0.444 e. The van der Waals surface area contributed by atoms with Crippen LogP contribution in [0.2, 0.25) is 0 Å². The van der Waals surface area contributed by atoms with E-state index in [1.54, 1.807) is 17.9 Å². The van der Waals surface area contributed by atoms with Crippen LogP contribution in [-0.4, -0.2) is 54.7 Å². The lowest BCUT2D eigenvalue weighted by Gasteiger charge is -2.34. The van der Waals surface area contributed by atoms with E-state index < -0.39 is 10.0 Å². The van der Waals surface area contributed by atoms with Crippen LogP contribution in [0.1, 0.15) is 16.8 Å². The Morgan fingerprint density at radius 2 is 1.74 bits per heavy atom. The molecule has 0 saturated carbocycles. The van der Waals surface area contributed by atoms with Gasteiger partial charge in [-0.1, -0.05) is 30.3 Å². The number of benzene rings is 2. The first-order chi connectivity index (χ1) is 14.8. The minimum atomic E-state index is -3.58. The molecule has 162 valence electrons. The summed E-state index contributed by atoms with van der Waals surface area (Å²) in [7, 11) is -3.58. The second-order valence-corrected chi connectivity index (χ2v) is 9.65. The molecule has 1 aromatic heterocycles. The average Bonchev–Trinajstić information content (AvgIpc) is 3.24. The van der Waals surface area contributed by atoms with E-state index in [9.17, 15) is 13.2 Å². The van der Waals surface area contributed by atoms with Crippen LogP contribution in [-0.2, 0) is 21.2 Å². The maximum absolute atomic E-state index is 13.1. The van der Waals surface area contributed by atoms with Crippen LogP contribution < -0.4 is 0 Å². The normalized spacial score (nSPS) is 15.2. The summed E-state index contributed by atoms with van der Waals surface area (Å²) in [5.74, 6) is 0.393.